The second kappa shape index (κ2) is 5.11. The molecular weight excluding hydrogens is 194 g/mol. The van der Waals surface area contributed by atoms with Crippen LogP contribution < -0.4 is 16.8 Å². The van der Waals surface area contributed by atoms with Gasteiger partial charge in [-0.1, -0.05) is 13.3 Å². The summed E-state index contributed by atoms with van der Waals surface area (Å²) >= 11 is 0. The molecule has 1 fully saturated rings. The van der Waals surface area contributed by atoms with Crippen LogP contribution in [0, 0.1) is 11.8 Å². The first-order chi connectivity index (χ1) is 7.02. The molecule has 0 radical (unpaired) electrons. The number of primary amides is 1. The van der Waals surface area contributed by atoms with E-state index in [1.165, 1.54) is 0 Å². The first-order valence-electron chi connectivity index (χ1n) is 5.34. The van der Waals surface area contributed by atoms with Gasteiger partial charge in [0.2, 0.25) is 11.8 Å². The Hall–Kier alpha value is -1.10. The Bertz CT molecular complexity index is 245. The quantitative estimate of drug-likeness (QED) is 0.581. The molecule has 2 amide bonds. The largest absolute Gasteiger partial charge is 0.368 e. The number of rotatable bonds is 3. The Morgan fingerprint density at radius 2 is 2.07 bits per heavy atom. The molecular formula is C10H19N3O2. The van der Waals surface area contributed by atoms with Crippen LogP contribution in [-0.4, -0.2) is 24.4 Å². The molecule has 0 aromatic heterocycles. The molecule has 0 saturated heterocycles. The predicted octanol–water partition coefficient (Wildman–Crippen LogP) is -0.649. The van der Waals surface area contributed by atoms with Crippen molar-refractivity contribution in [1.29, 1.82) is 0 Å². The average molecular weight is 213 g/mol. The van der Waals surface area contributed by atoms with Gasteiger partial charge in [0.25, 0.3) is 0 Å². The van der Waals surface area contributed by atoms with Gasteiger partial charge in [-0.3, -0.25) is 9.59 Å². The van der Waals surface area contributed by atoms with Gasteiger partial charge in [-0.2, -0.15) is 0 Å². The van der Waals surface area contributed by atoms with Crippen LogP contribution in [0.2, 0.25) is 0 Å². The molecule has 1 rings (SSSR count). The molecule has 0 spiro atoms. The molecule has 1 aliphatic rings. The molecule has 0 aromatic rings. The lowest BCUT2D eigenvalue weighted by atomic mass is 9.76. The van der Waals surface area contributed by atoms with Crippen molar-refractivity contribution in [3.8, 4) is 0 Å². The van der Waals surface area contributed by atoms with E-state index in [0.717, 1.165) is 19.3 Å². The molecule has 0 aliphatic heterocycles. The van der Waals surface area contributed by atoms with Crippen LogP contribution in [0.4, 0.5) is 0 Å². The normalized spacial score (nSPS) is 30.9. The van der Waals surface area contributed by atoms with E-state index in [0.29, 0.717) is 0 Å². The molecule has 0 bridgehead atoms. The Labute approximate surface area is 89.6 Å². The molecule has 3 unspecified atom stereocenters. The van der Waals surface area contributed by atoms with Crippen LogP contribution >= 0.6 is 0 Å². The van der Waals surface area contributed by atoms with Crippen LogP contribution in [0.25, 0.3) is 0 Å². The summed E-state index contributed by atoms with van der Waals surface area (Å²) in [6.07, 6.45) is 2.96. The van der Waals surface area contributed by atoms with Crippen molar-refractivity contribution in [3.63, 3.8) is 0 Å². The number of hydrogen-bond acceptors (Lipinski definition) is 3. The minimum Gasteiger partial charge on any atom is -0.368 e. The van der Waals surface area contributed by atoms with Crippen molar-refractivity contribution in [3.05, 3.63) is 0 Å². The topological polar surface area (TPSA) is 98.2 Å². The van der Waals surface area contributed by atoms with E-state index in [-0.39, 0.29) is 30.3 Å². The second-order valence-electron chi connectivity index (χ2n) is 4.28. The van der Waals surface area contributed by atoms with E-state index in [4.69, 9.17) is 11.5 Å². The van der Waals surface area contributed by atoms with Gasteiger partial charge in [0.15, 0.2) is 0 Å². The highest BCUT2D eigenvalue weighted by molar-refractivity contribution is 5.85. The highest BCUT2D eigenvalue weighted by atomic mass is 16.2. The third kappa shape index (κ3) is 3.20. The zero-order chi connectivity index (χ0) is 11.4. The van der Waals surface area contributed by atoms with E-state index < -0.39 is 5.91 Å². The van der Waals surface area contributed by atoms with Crippen molar-refractivity contribution in [2.75, 3.05) is 6.54 Å². The number of hydrogen-bond donors (Lipinski definition) is 3. The molecule has 15 heavy (non-hydrogen) atoms. The third-order valence-electron chi connectivity index (χ3n) is 3.01. The summed E-state index contributed by atoms with van der Waals surface area (Å²) in [7, 11) is 0. The van der Waals surface area contributed by atoms with Gasteiger partial charge < -0.3 is 16.8 Å². The summed E-state index contributed by atoms with van der Waals surface area (Å²) in [6, 6.07) is -0.0957. The summed E-state index contributed by atoms with van der Waals surface area (Å²) in [5.41, 5.74) is 10.9. The SMILES string of the molecule is CC1CCCC(N)C1C(=O)NCC(N)=O. The number of amides is 2. The molecule has 5 heteroatoms. The predicted molar refractivity (Wildman–Crippen MR) is 56.7 cm³/mol. The van der Waals surface area contributed by atoms with Crippen LogP contribution in [0.5, 0.6) is 0 Å². The van der Waals surface area contributed by atoms with Gasteiger partial charge in [0.05, 0.1) is 12.5 Å². The van der Waals surface area contributed by atoms with E-state index in [9.17, 15) is 9.59 Å². The average Bonchev–Trinajstić information content (AvgIpc) is 2.14. The van der Waals surface area contributed by atoms with Crippen LogP contribution in [0.15, 0.2) is 0 Å². The van der Waals surface area contributed by atoms with Crippen LogP contribution in [-0.2, 0) is 9.59 Å². The molecule has 3 atom stereocenters. The summed E-state index contributed by atoms with van der Waals surface area (Å²) in [5, 5.41) is 2.52. The Balaban J connectivity index is 2.51. The Morgan fingerprint density at radius 3 is 2.60 bits per heavy atom. The zero-order valence-corrected chi connectivity index (χ0v) is 9.03. The fourth-order valence-corrected chi connectivity index (χ4v) is 2.20. The number of carbonyl (C=O) groups excluding carboxylic acids is 2. The van der Waals surface area contributed by atoms with E-state index in [1.807, 2.05) is 6.92 Å². The van der Waals surface area contributed by atoms with Gasteiger partial charge in [-0.15, -0.1) is 0 Å². The van der Waals surface area contributed by atoms with E-state index in [2.05, 4.69) is 5.32 Å². The molecule has 0 heterocycles. The summed E-state index contributed by atoms with van der Waals surface area (Å²) in [4.78, 5) is 22.3. The third-order valence-corrected chi connectivity index (χ3v) is 3.01. The molecule has 1 aliphatic carbocycles. The maximum absolute atomic E-state index is 11.7. The van der Waals surface area contributed by atoms with Crippen molar-refractivity contribution in [2.24, 2.45) is 23.3 Å². The van der Waals surface area contributed by atoms with E-state index in [1.54, 1.807) is 0 Å². The molecule has 5 nitrogen and oxygen atoms in total. The highest BCUT2D eigenvalue weighted by Crippen LogP contribution is 2.28. The fraction of sp³-hybridized carbons (Fsp3) is 0.800. The van der Waals surface area contributed by atoms with Crippen molar-refractivity contribution in [2.45, 2.75) is 32.2 Å². The summed E-state index contributed by atoms with van der Waals surface area (Å²) in [6.45, 7) is 1.92. The van der Waals surface area contributed by atoms with Crippen LogP contribution in [0.1, 0.15) is 26.2 Å². The van der Waals surface area contributed by atoms with Crippen molar-refractivity contribution >= 4 is 11.8 Å². The molecule has 86 valence electrons. The van der Waals surface area contributed by atoms with Gasteiger partial charge in [-0.05, 0) is 18.8 Å². The Kier molecular flexibility index (Phi) is 4.08. The monoisotopic (exact) mass is 213 g/mol. The summed E-state index contributed by atoms with van der Waals surface area (Å²) in [5.74, 6) is -0.575. The Morgan fingerprint density at radius 1 is 1.40 bits per heavy atom. The number of carbonyl (C=O) groups is 2. The van der Waals surface area contributed by atoms with Gasteiger partial charge >= 0.3 is 0 Å². The number of nitrogens with one attached hydrogen (secondary N) is 1. The maximum Gasteiger partial charge on any atom is 0.236 e. The van der Waals surface area contributed by atoms with Gasteiger partial charge in [0.1, 0.15) is 0 Å². The molecule has 1 saturated carbocycles. The second-order valence-corrected chi connectivity index (χ2v) is 4.28. The van der Waals surface area contributed by atoms with Gasteiger partial charge in [0, 0.05) is 6.04 Å². The molecule has 5 N–H and O–H groups in total. The first kappa shape index (κ1) is 12.0. The maximum atomic E-state index is 11.7. The standard InChI is InChI=1S/C10H19N3O2/c1-6-3-2-4-7(11)9(6)10(15)13-5-8(12)14/h6-7,9H,2-5,11H2,1H3,(H2,12,14)(H,13,15). The van der Waals surface area contributed by atoms with Crippen LogP contribution in [0.3, 0.4) is 0 Å². The lowest BCUT2D eigenvalue weighted by Gasteiger charge is -2.32. The highest BCUT2D eigenvalue weighted by Gasteiger charge is 2.33. The zero-order valence-electron chi connectivity index (χ0n) is 9.03. The number of nitrogens with two attached hydrogens (primary N) is 2. The lowest BCUT2D eigenvalue weighted by Crippen LogP contribution is -2.48. The van der Waals surface area contributed by atoms with E-state index >= 15 is 0 Å². The van der Waals surface area contributed by atoms with Crippen molar-refractivity contribution < 1.29 is 9.59 Å². The summed E-state index contributed by atoms with van der Waals surface area (Å²) < 4.78 is 0. The van der Waals surface area contributed by atoms with Crippen molar-refractivity contribution in [1.82, 2.24) is 5.32 Å². The fourth-order valence-electron chi connectivity index (χ4n) is 2.20. The lowest BCUT2D eigenvalue weighted by molar-refractivity contribution is -0.130. The first-order valence-corrected chi connectivity index (χ1v) is 5.34. The van der Waals surface area contributed by atoms with Gasteiger partial charge in [-0.25, -0.2) is 0 Å². The minimum absolute atomic E-state index is 0.0957. The molecule has 0 aromatic carbocycles. The minimum atomic E-state index is -0.527. The smallest absolute Gasteiger partial charge is 0.236 e.